The number of benzene rings is 3. The summed E-state index contributed by atoms with van der Waals surface area (Å²) in [4.78, 5) is 11.6. The number of para-hydroxylation sites is 2. The molecule has 3 nitrogen and oxygen atoms in total. The molecule has 116 valence electrons. The minimum atomic E-state index is 0.693. The average Bonchev–Trinajstić information content (AvgIpc) is 2.68. The Morgan fingerprint density at radius 3 is 2.04 bits per heavy atom. The van der Waals surface area contributed by atoms with Crippen LogP contribution in [0.4, 0.5) is 11.6 Å². The molecule has 0 bridgehead atoms. The lowest BCUT2D eigenvalue weighted by Gasteiger charge is -2.19. The van der Waals surface area contributed by atoms with Crippen LogP contribution in [-0.4, -0.2) is 17.0 Å². The van der Waals surface area contributed by atoms with Crippen LogP contribution in [0.15, 0.2) is 84.9 Å². The third-order valence-electron chi connectivity index (χ3n) is 4.08. The van der Waals surface area contributed by atoms with Crippen LogP contribution in [0.25, 0.3) is 22.2 Å². The van der Waals surface area contributed by atoms with Crippen molar-refractivity contribution in [3.8, 4) is 11.3 Å². The molecule has 1 heterocycles. The van der Waals surface area contributed by atoms with Gasteiger partial charge in [0, 0.05) is 23.7 Å². The molecule has 3 heteroatoms. The van der Waals surface area contributed by atoms with Gasteiger partial charge in [-0.3, -0.25) is 0 Å². The zero-order valence-corrected chi connectivity index (χ0v) is 13.4. The number of hydrogen-bond acceptors (Lipinski definition) is 3. The lowest BCUT2D eigenvalue weighted by Crippen LogP contribution is -2.13. The van der Waals surface area contributed by atoms with Crippen molar-refractivity contribution in [1.29, 1.82) is 0 Å². The van der Waals surface area contributed by atoms with Gasteiger partial charge in [-0.25, -0.2) is 9.97 Å². The van der Waals surface area contributed by atoms with E-state index in [1.165, 1.54) is 0 Å². The summed E-state index contributed by atoms with van der Waals surface area (Å²) in [7, 11) is 1.99. The maximum absolute atomic E-state index is 4.86. The summed E-state index contributed by atoms with van der Waals surface area (Å²) in [5, 5.41) is 1.06. The fraction of sp³-hybridized carbons (Fsp3) is 0.0476. The van der Waals surface area contributed by atoms with E-state index in [2.05, 4.69) is 30.3 Å². The first-order valence-electron chi connectivity index (χ1n) is 7.94. The smallest absolute Gasteiger partial charge is 0.230 e. The van der Waals surface area contributed by atoms with Crippen molar-refractivity contribution in [3.05, 3.63) is 84.9 Å². The summed E-state index contributed by atoms with van der Waals surface area (Å²) < 4.78 is 0. The van der Waals surface area contributed by atoms with Crippen molar-refractivity contribution in [3.63, 3.8) is 0 Å². The van der Waals surface area contributed by atoms with Crippen LogP contribution < -0.4 is 4.90 Å². The predicted octanol–water partition coefficient (Wildman–Crippen LogP) is 5.06. The van der Waals surface area contributed by atoms with E-state index < -0.39 is 0 Å². The molecule has 0 N–H and O–H groups in total. The number of aromatic nitrogens is 2. The Hall–Kier alpha value is -3.20. The molecule has 4 rings (SSSR count). The fourth-order valence-electron chi connectivity index (χ4n) is 2.80. The van der Waals surface area contributed by atoms with Crippen LogP contribution >= 0.6 is 0 Å². The van der Waals surface area contributed by atoms with E-state index in [1.807, 2.05) is 66.5 Å². The van der Waals surface area contributed by atoms with Crippen LogP contribution in [0.3, 0.4) is 0 Å². The van der Waals surface area contributed by atoms with Gasteiger partial charge in [-0.2, -0.15) is 0 Å². The molecular formula is C21H17N3. The van der Waals surface area contributed by atoms with Gasteiger partial charge in [0.2, 0.25) is 5.95 Å². The molecule has 0 aliphatic heterocycles. The molecule has 0 unspecified atom stereocenters. The zero-order valence-electron chi connectivity index (χ0n) is 13.4. The van der Waals surface area contributed by atoms with E-state index in [1.54, 1.807) is 0 Å². The van der Waals surface area contributed by atoms with Gasteiger partial charge in [-0.05, 0) is 18.2 Å². The van der Waals surface area contributed by atoms with E-state index in [4.69, 9.17) is 9.97 Å². The van der Waals surface area contributed by atoms with Crippen LogP contribution in [0.1, 0.15) is 0 Å². The lowest BCUT2D eigenvalue weighted by molar-refractivity contribution is 1.07. The molecule has 0 atom stereocenters. The summed E-state index contributed by atoms with van der Waals surface area (Å²) >= 11 is 0. The minimum absolute atomic E-state index is 0.693. The van der Waals surface area contributed by atoms with E-state index in [-0.39, 0.29) is 0 Å². The summed E-state index contributed by atoms with van der Waals surface area (Å²) in [6.07, 6.45) is 0. The Morgan fingerprint density at radius 1 is 0.667 bits per heavy atom. The topological polar surface area (TPSA) is 29.0 Å². The Labute approximate surface area is 141 Å². The maximum atomic E-state index is 4.86. The third-order valence-corrected chi connectivity index (χ3v) is 4.08. The van der Waals surface area contributed by atoms with Gasteiger partial charge in [0.1, 0.15) is 0 Å². The second-order valence-electron chi connectivity index (χ2n) is 5.65. The van der Waals surface area contributed by atoms with Crippen molar-refractivity contribution in [2.75, 3.05) is 11.9 Å². The fourth-order valence-corrected chi connectivity index (χ4v) is 2.80. The molecule has 1 aromatic heterocycles. The number of nitrogens with zero attached hydrogens (tertiary/aromatic N) is 3. The van der Waals surface area contributed by atoms with Crippen molar-refractivity contribution in [1.82, 2.24) is 9.97 Å². The van der Waals surface area contributed by atoms with Crippen LogP contribution in [-0.2, 0) is 0 Å². The largest absolute Gasteiger partial charge is 0.314 e. The first kappa shape index (κ1) is 14.4. The number of anilines is 2. The quantitative estimate of drug-likeness (QED) is 0.529. The van der Waals surface area contributed by atoms with Gasteiger partial charge >= 0.3 is 0 Å². The van der Waals surface area contributed by atoms with Gasteiger partial charge in [0.15, 0.2) is 0 Å². The molecule has 24 heavy (non-hydrogen) atoms. The monoisotopic (exact) mass is 311 g/mol. The first-order chi connectivity index (χ1) is 11.8. The highest BCUT2D eigenvalue weighted by Gasteiger charge is 2.13. The highest BCUT2D eigenvalue weighted by molar-refractivity contribution is 5.93. The van der Waals surface area contributed by atoms with Gasteiger partial charge in [0.25, 0.3) is 0 Å². The van der Waals surface area contributed by atoms with Crippen LogP contribution in [0, 0.1) is 0 Å². The SMILES string of the molecule is CN(c1ccccc1)c1nc(-c2ccccc2)c2ccccc2n1. The van der Waals surface area contributed by atoms with Crippen LogP contribution in [0.2, 0.25) is 0 Å². The Bertz CT molecular complexity index is 966. The summed E-state index contributed by atoms with van der Waals surface area (Å²) in [5.41, 5.74) is 4.06. The molecule has 0 radical (unpaired) electrons. The Kier molecular flexibility index (Phi) is 3.67. The van der Waals surface area contributed by atoms with E-state index >= 15 is 0 Å². The number of fused-ring (bicyclic) bond motifs is 1. The normalized spacial score (nSPS) is 10.7. The predicted molar refractivity (Wildman–Crippen MR) is 99.5 cm³/mol. The van der Waals surface area contributed by atoms with Crippen LogP contribution in [0.5, 0.6) is 0 Å². The van der Waals surface area contributed by atoms with Crippen molar-refractivity contribution >= 4 is 22.5 Å². The molecular weight excluding hydrogens is 294 g/mol. The van der Waals surface area contributed by atoms with E-state index in [0.717, 1.165) is 27.8 Å². The number of rotatable bonds is 3. The Morgan fingerprint density at radius 2 is 1.29 bits per heavy atom. The van der Waals surface area contributed by atoms with Gasteiger partial charge in [0.05, 0.1) is 11.2 Å². The maximum Gasteiger partial charge on any atom is 0.230 e. The zero-order chi connectivity index (χ0) is 16.4. The summed E-state index contributed by atoms with van der Waals surface area (Å²) in [6, 6.07) is 28.6. The second-order valence-corrected chi connectivity index (χ2v) is 5.65. The highest BCUT2D eigenvalue weighted by Crippen LogP contribution is 2.29. The molecule has 0 saturated heterocycles. The molecule has 0 aliphatic carbocycles. The molecule has 0 fully saturated rings. The van der Waals surface area contributed by atoms with Crippen molar-refractivity contribution < 1.29 is 0 Å². The number of hydrogen-bond donors (Lipinski definition) is 0. The first-order valence-corrected chi connectivity index (χ1v) is 7.94. The third kappa shape index (κ3) is 2.61. The average molecular weight is 311 g/mol. The van der Waals surface area contributed by atoms with Gasteiger partial charge < -0.3 is 4.90 Å². The van der Waals surface area contributed by atoms with E-state index in [9.17, 15) is 0 Å². The molecule has 0 spiro atoms. The standard InChI is InChI=1S/C21H17N3/c1-24(17-12-6-3-7-13-17)21-22-19-15-9-8-14-18(19)20(23-21)16-10-4-2-5-11-16/h2-15H,1H3. The minimum Gasteiger partial charge on any atom is -0.314 e. The second kappa shape index (κ2) is 6.13. The lowest BCUT2D eigenvalue weighted by atomic mass is 10.1. The highest BCUT2D eigenvalue weighted by atomic mass is 15.2. The molecule has 3 aromatic carbocycles. The molecule has 4 aromatic rings. The van der Waals surface area contributed by atoms with E-state index in [0.29, 0.717) is 5.95 Å². The summed E-state index contributed by atoms with van der Waals surface area (Å²) in [6.45, 7) is 0. The summed E-state index contributed by atoms with van der Waals surface area (Å²) in [5.74, 6) is 0.693. The molecule has 0 saturated carbocycles. The molecule has 0 amide bonds. The van der Waals surface area contributed by atoms with Gasteiger partial charge in [-0.1, -0.05) is 66.7 Å². The van der Waals surface area contributed by atoms with Crippen molar-refractivity contribution in [2.24, 2.45) is 0 Å². The van der Waals surface area contributed by atoms with Crippen molar-refractivity contribution in [2.45, 2.75) is 0 Å². The Balaban J connectivity index is 1.92. The van der Waals surface area contributed by atoms with Gasteiger partial charge in [-0.15, -0.1) is 0 Å². The molecule has 0 aliphatic rings.